The van der Waals surface area contributed by atoms with Crippen molar-refractivity contribution in [3.05, 3.63) is 23.5 Å². The van der Waals surface area contributed by atoms with E-state index in [9.17, 15) is 9.59 Å². The van der Waals surface area contributed by atoms with Crippen LogP contribution in [-0.4, -0.2) is 24.3 Å². The SMILES string of the molecule is COC(=O)CCc1ccc(C=O)[nH]1. The number of hydrogen-bond donors (Lipinski definition) is 1. The molecule has 0 fully saturated rings. The molecule has 4 nitrogen and oxygen atoms in total. The predicted octanol–water partition coefficient (Wildman–Crippen LogP) is 0.933. The summed E-state index contributed by atoms with van der Waals surface area (Å²) in [4.78, 5) is 23.9. The molecule has 0 spiro atoms. The summed E-state index contributed by atoms with van der Waals surface area (Å²) in [5.74, 6) is -0.248. The number of ether oxygens (including phenoxy) is 1. The standard InChI is InChI=1S/C9H11NO3/c1-13-9(12)5-4-7-2-3-8(6-11)10-7/h2-3,6,10H,4-5H2,1H3. The molecule has 0 saturated carbocycles. The van der Waals surface area contributed by atoms with Crippen molar-refractivity contribution in [2.45, 2.75) is 12.8 Å². The first-order chi connectivity index (χ1) is 6.26. The third kappa shape index (κ3) is 2.74. The van der Waals surface area contributed by atoms with Gasteiger partial charge in [-0.2, -0.15) is 0 Å². The Morgan fingerprint density at radius 2 is 2.38 bits per heavy atom. The third-order valence-corrected chi connectivity index (χ3v) is 1.72. The molecular weight excluding hydrogens is 170 g/mol. The summed E-state index contributed by atoms with van der Waals surface area (Å²) in [6, 6.07) is 3.46. The van der Waals surface area contributed by atoms with E-state index >= 15 is 0 Å². The van der Waals surface area contributed by atoms with Crippen molar-refractivity contribution < 1.29 is 14.3 Å². The van der Waals surface area contributed by atoms with Crippen LogP contribution < -0.4 is 0 Å². The van der Waals surface area contributed by atoms with E-state index in [-0.39, 0.29) is 5.97 Å². The number of nitrogens with one attached hydrogen (secondary N) is 1. The molecule has 0 aromatic carbocycles. The van der Waals surface area contributed by atoms with Crippen molar-refractivity contribution in [1.29, 1.82) is 0 Å². The molecule has 13 heavy (non-hydrogen) atoms. The Morgan fingerprint density at radius 3 is 2.92 bits per heavy atom. The highest BCUT2D eigenvalue weighted by Gasteiger charge is 2.02. The van der Waals surface area contributed by atoms with E-state index in [0.29, 0.717) is 18.5 Å². The van der Waals surface area contributed by atoms with Crippen molar-refractivity contribution >= 4 is 12.3 Å². The van der Waals surface area contributed by atoms with Gasteiger partial charge in [-0.3, -0.25) is 9.59 Å². The number of carbonyl (C=O) groups is 2. The van der Waals surface area contributed by atoms with Gasteiger partial charge in [-0.05, 0) is 18.6 Å². The first-order valence-corrected chi connectivity index (χ1v) is 3.96. The first kappa shape index (κ1) is 9.51. The maximum absolute atomic E-state index is 10.8. The van der Waals surface area contributed by atoms with Crippen LogP contribution in [0.25, 0.3) is 0 Å². The molecule has 0 atom stereocenters. The molecule has 0 unspecified atom stereocenters. The summed E-state index contributed by atoms with van der Waals surface area (Å²) in [5.41, 5.74) is 1.40. The fraction of sp³-hybridized carbons (Fsp3) is 0.333. The molecule has 1 heterocycles. The number of carbonyl (C=O) groups excluding carboxylic acids is 2. The van der Waals surface area contributed by atoms with Crippen LogP contribution in [0.1, 0.15) is 22.6 Å². The molecule has 0 bridgehead atoms. The Bertz CT molecular complexity index is 304. The predicted molar refractivity (Wildman–Crippen MR) is 46.5 cm³/mol. The number of H-pyrrole nitrogens is 1. The van der Waals surface area contributed by atoms with E-state index in [1.807, 2.05) is 0 Å². The van der Waals surface area contributed by atoms with Gasteiger partial charge in [0.1, 0.15) is 0 Å². The van der Waals surface area contributed by atoms with E-state index in [1.54, 1.807) is 12.1 Å². The van der Waals surface area contributed by atoms with Gasteiger partial charge in [0.2, 0.25) is 0 Å². The fourth-order valence-electron chi connectivity index (χ4n) is 1.01. The van der Waals surface area contributed by atoms with E-state index in [4.69, 9.17) is 0 Å². The highest BCUT2D eigenvalue weighted by atomic mass is 16.5. The lowest BCUT2D eigenvalue weighted by molar-refractivity contribution is -0.140. The summed E-state index contributed by atoms with van der Waals surface area (Å²) in [7, 11) is 1.36. The topological polar surface area (TPSA) is 59.2 Å². The van der Waals surface area contributed by atoms with Crippen LogP contribution in [0, 0.1) is 0 Å². The van der Waals surface area contributed by atoms with Crippen LogP contribution in [0.5, 0.6) is 0 Å². The number of esters is 1. The molecule has 4 heteroatoms. The highest BCUT2D eigenvalue weighted by Crippen LogP contribution is 2.03. The first-order valence-electron chi connectivity index (χ1n) is 3.96. The number of aromatic amines is 1. The zero-order chi connectivity index (χ0) is 9.68. The Hall–Kier alpha value is -1.58. The van der Waals surface area contributed by atoms with Crippen LogP contribution in [0.2, 0.25) is 0 Å². The average molecular weight is 181 g/mol. The maximum atomic E-state index is 10.8. The van der Waals surface area contributed by atoms with Crippen molar-refractivity contribution in [3.63, 3.8) is 0 Å². The second kappa shape index (κ2) is 4.45. The van der Waals surface area contributed by atoms with E-state index in [0.717, 1.165) is 12.0 Å². The second-order valence-electron chi connectivity index (χ2n) is 2.63. The Morgan fingerprint density at radius 1 is 1.62 bits per heavy atom. The van der Waals surface area contributed by atoms with Crippen LogP contribution in [0.4, 0.5) is 0 Å². The van der Waals surface area contributed by atoms with Crippen LogP contribution in [0.15, 0.2) is 12.1 Å². The molecule has 0 radical (unpaired) electrons. The molecular formula is C9H11NO3. The molecule has 0 aliphatic heterocycles. The van der Waals surface area contributed by atoms with Crippen molar-refractivity contribution in [2.75, 3.05) is 7.11 Å². The van der Waals surface area contributed by atoms with Gasteiger partial charge >= 0.3 is 5.97 Å². The summed E-state index contributed by atoms with van der Waals surface area (Å²) in [6.45, 7) is 0. The average Bonchev–Trinajstić information content (AvgIpc) is 2.61. The fourth-order valence-corrected chi connectivity index (χ4v) is 1.01. The molecule has 70 valence electrons. The lowest BCUT2D eigenvalue weighted by Gasteiger charge is -1.96. The number of aldehydes is 1. The van der Waals surface area contributed by atoms with E-state index in [1.165, 1.54) is 7.11 Å². The van der Waals surface area contributed by atoms with Gasteiger partial charge < -0.3 is 9.72 Å². The number of hydrogen-bond acceptors (Lipinski definition) is 3. The van der Waals surface area contributed by atoms with E-state index < -0.39 is 0 Å². The van der Waals surface area contributed by atoms with Crippen molar-refractivity contribution in [3.8, 4) is 0 Å². The smallest absolute Gasteiger partial charge is 0.305 e. The lowest BCUT2D eigenvalue weighted by atomic mass is 10.2. The Balaban J connectivity index is 2.45. The van der Waals surface area contributed by atoms with Gasteiger partial charge in [-0.25, -0.2) is 0 Å². The Labute approximate surface area is 75.9 Å². The van der Waals surface area contributed by atoms with Gasteiger partial charge in [0.05, 0.1) is 19.2 Å². The third-order valence-electron chi connectivity index (χ3n) is 1.72. The molecule has 0 saturated heterocycles. The minimum Gasteiger partial charge on any atom is -0.469 e. The van der Waals surface area contributed by atoms with Gasteiger partial charge in [-0.15, -0.1) is 0 Å². The van der Waals surface area contributed by atoms with Gasteiger partial charge in [0.25, 0.3) is 0 Å². The van der Waals surface area contributed by atoms with Gasteiger partial charge in [0.15, 0.2) is 6.29 Å². The lowest BCUT2D eigenvalue weighted by Crippen LogP contribution is -2.02. The second-order valence-corrected chi connectivity index (χ2v) is 2.63. The number of aromatic nitrogens is 1. The molecule has 1 rings (SSSR count). The summed E-state index contributed by atoms with van der Waals surface area (Å²) in [6.07, 6.45) is 1.64. The van der Waals surface area contributed by atoms with Crippen molar-refractivity contribution in [1.82, 2.24) is 4.98 Å². The zero-order valence-electron chi connectivity index (χ0n) is 7.37. The van der Waals surface area contributed by atoms with Crippen molar-refractivity contribution in [2.24, 2.45) is 0 Å². The quantitative estimate of drug-likeness (QED) is 0.555. The van der Waals surface area contributed by atoms with Gasteiger partial charge in [-0.1, -0.05) is 0 Å². The zero-order valence-corrected chi connectivity index (χ0v) is 7.37. The van der Waals surface area contributed by atoms with Crippen LogP contribution in [0.3, 0.4) is 0 Å². The molecule has 0 aliphatic rings. The largest absolute Gasteiger partial charge is 0.469 e. The van der Waals surface area contributed by atoms with E-state index in [2.05, 4.69) is 9.72 Å². The monoisotopic (exact) mass is 181 g/mol. The molecule has 1 aromatic rings. The molecule has 1 aromatic heterocycles. The maximum Gasteiger partial charge on any atom is 0.305 e. The summed E-state index contributed by atoms with van der Waals surface area (Å²) in [5, 5.41) is 0. The Kier molecular flexibility index (Phi) is 3.25. The van der Waals surface area contributed by atoms with Gasteiger partial charge in [0, 0.05) is 5.69 Å². The summed E-state index contributed by atoms with van der Waals surface area (Å²) < 4.78 is 4.48. The number of rotatable bonds is 4. The number of aryl methyl sites for hydroxylation is 1. The minimum absolute atomic E-state index is 0.248. The minimum atomic E-state index is -0.248. The van der Waals surface area contributed by atoms with Crippen LogP contribution in [-0.2, 0) is 16.0 Å². The number of methoxy groups -OCH3 is 1. The molecule has 0 aliphatic carbocycles. The molecule has 0 amide bonds. The highest BCUT2D eigenvalue weighted by molar-refractivity contribution is 5.72. The van der Waals surface area contributed by atoms with Crippen LogP contribution >= 0.6 is 0 Å². The molecule has 1 N–H and O–H groups in total. The normalized spacial score (nSPS) is 9.62. The summed E-state index contributed by atoms with van der Waals surface area (Å²) >= 11 is 0.